The van der Waals surface area contributed by atoms with E-state index in [1.165, 1.54) is 6.20 Å². The highest BCUT2D eigenvalue weighted by atomic mass is 35.5. The van der Waals surface area contributed by atoms with Crippen LogP contribution in [0.25, 0.3) is 5.65 Å². The molecule has 8 heteroatoms. The molecule has 0 aromatic carbocycles. The quantitative estimate of drug-likeness (QED) is 0.734. The summed E-state index contributed by atoms with van der Waals surface area (Å²) in [6, 6.07) is 1.86. The predicted octanol–water partition coefficient (Wildman–Crippen LogP) is 0.826. The van der Waals surface area contributed by atoms with E-state index in [9.17, 15) is 4.79 Å². The van der Waals surface area contributed by atoms with Gasteiger partial charge in [0.05, 0.1) is 18.4 Å². The Morgan fingerprint density at radius 3 is 3.06 bits per heavy atom. The number of rotatable bonds is 2. The lowest BCUT2D eigenvalue weighted by molar-refractivity contribution is 0.0509. The molecule has 0 saturated heterocycles. The third-order valence-corrected chi connectivity index (χ3v) is 2.33. The standard InChI is InChI=1S/C9H6ClN5O2/c1-2-17-9(16)8-14-13-7-6(10)5(3-11)4-12-15(7)8/h4H,2H2,1H3. The molecule has 17 heavy (non-hydrogen) atoms. The van der Waals surface area contributed by atoms with E-state index in [4.69, 9.17) is 21.6 Å². The fourth-order valence-corrected chi connectivity index (χ4v) is 1.43. The van der Waals surface area contributed by atoms with Crippen LogP contribution in [0.4, 0.5) is 0 Å². The monoisotopic (exact) mass is 251 g/mol. The number of hydrogen-bond acceptors (Lipinski definition) is 6. The zero-order chi connectivity index (χ0) is 12.4. The summed E-state index contributed by atoms with van der Waals surface area (Å²) in [6.07, 6.45) is 1.24. The molecule has 2 heterocycles. The molecule has 0 aliphatic carbocycles. The first-order valence-corrected chi connectivity index (χ1v) is 5.04. The van der Waals surface area contributed by atoms with Crippen molar-refractivity contribution in [1.29, 1.82) is 5.26 Å². The molecule has 0 atom stereocenters. The van der Waals surface area contributed by atoms with Crippen LogP contribution >= 0.6 is 11.6 Å². The molecule has 0 radical (unpaired) electrons. The van der Waals surface area contributed by atoms with Gasteiger partial charge in [0, 0.05) is 0 Å². The minimum absolute atomic E-state index is 0.0757. The van der Waals surface area contributed by atoms with Crippen molar-refractivity contribution in [2.45, 2.75) is 6.92 Å². The highest BCUT2D eigenvalue weighted by molar-refractivity contribution is 6.34. The molecule has 0 aliphatic heterocycles. The third kappa shape index (κ3) is 1.79. The molecule has 0 N–H and O–H groups in total. The third-order valence-electron chi connectivity index (χ3n) is 1.95. The lowest BCUT2D eigenvalue weighted by Gasteiger charge is -1.99. The number of carbonyl (C=O) groups excluding carboxylic acids is 1. The maximum Gasteiger partial charge on any atom is 0.378 e. The molecule has 7 nitrogen and oxygen atoms in total. The average Bonchev–Trinajstić information content (AvgIpc) is 2.74. The Bertz CT molecular complexity index is 630. The molecule has 0 amide bonds. The van der Waals surface area contributed by atoms with Gasteiger partial charge < -0.3 is 4.74 Å². The zero-order valence-corrected chi connectivity index (χ0v) is 9.47. The van der Waals surface area contributed by atoms with Gasteiger partial charge in [0.2, 0.25) is 0 Å². The van der Waals surface area contributed by atoms with Crippen molar-refractivity contribution in [2.75, 3.05) is 6.61 Å². The summed E-state index contributed by atoms with van der Waals surface area (Å²) in [5.74, 6) is -0.721. The first kappa shape index (κ1) is 11.3. The van der Waals surface area contributed by atoms with E-state index in [1.807, 2.05) is 6.07 Å². The van der Waals surface area contributed by atoms with Crippen LogP contribution in [-0.2, 0) is 4.74 Å². The summed E-state index contributed by atoms with van der Waals surface area (Å²) < 4.78 is 5.92. The van der Waals surface area contributed by atoms with Crippen molar-refractivity contribution in [3.05, 3.63) is 22.6 Å². The van der Waals surface area contributed by atoms with Gasteiger partial charge >= 0.3 is 5.97 Å². The normalized spacial score (nSPS) is 10.2. The van der Waals surface area contributed by atoms with Gasteiger partial charge in [-0.2, -0.15) is 14.9 Å². The van der Waals surface area contributed by atoms with Gasteiger partial charge in [-0.25, -0.2) is 4.79 Å². The first-order chi connectivity index (χ1) is 8.19. The number of esters is 1. The molecule has 2 rings (SSSR count). The van der Waals surface area contributed by atoms with Crippen LogP contribution in [0.5, 0.6) is 0 Å². The number of aromatic nitrogens is 4. The molecule has 0 fully saturated rings. The average molecular weight is 252 g/mol. The molecule has 0 unspecified atom stereocenters. The Balaban J connectivity index is 2.60. The van der Waals surface area contributed by atoms with Crippen LogP contribution in [-0.4, -0.2) is 32.4 Å². The van der Waals surface area contributed by atoms with Crippen molar-refractivity contribution in [1.82, 2.24) is 19.8 Å². The van der Waals surface area contributed by atoms with Gasteiger partial charge in [0.25, 0.3) is 5.82 Å². The minimum Gasteiger partial charge on any atom is -0.460 e. The molecule has 2 aromatic heterocycles. The molecule has 0 saturated carbocycles. The smallest absolute Gasteiger partial charge is 0.378 e. The molecule has 0 bridgehead atoms. The maximum atomic E-state index is 11.5. The Hall–Kier alpha value is -2.20. The Labute approximate surface area is 101 Å². The van der Waals surface area contributed by atoms with E-state index in [1.54, 1.807) is 6.92 Å². The summed E-state index contributed by atoms with van der Waals surface area (Å²) in [4.78, 5) is 11.5. The second-order valence-electron chi connectivity index (χ2n) is 2.96. The van der Waals surface area contributed by atoms with Crippen LogP contribution < -0.4 is 0 Å². The SMILES string of the molecule is CCOC(=O)c1nnc2c(Cl)c(C#N)cnn12. The van der Waals surface area contributed by atoms with Gasteiger partial charge in [0.15, 0.2) is 5.65 Å². The maximum absolute atomic E-state index is 11.5. The molecular formula is C9H6ClN5O2. The van der Waals surface area contributed by atoms with Crippen molar-refractivity contribution < 1.29 is 9.53 Å². The fourth-order valence-electron chi connectivity index (χ4n) is 1.22. The van der Waals surface area contributed by atoms with Gasteiger partial charge in [-0.05, 0) is 6.92 Å². The highest BCUT2D eigenvalue weighted by Crippen LogP contribution is 2.19. The predicted molar refractivity (Wildman–Crippen MR) is 56.5 cm³/mol. The van der Waals surface area contributed by atoms with Gasteiger partial charge in [-0.3, -0.25) is 0 Å². The largest absolute Gasteiger partial charge is 0.460 e. The van der Waals surface area contributed by atoms with E-state index in [-0.39, 0.29) is 28.7 Å². The second kappa shape index (κ2) is 4.35. The van der Waals surface area contributed by atoms with E-state index in [0.717, 1.165) is 4.52 Å². The minimum atomic E-state index is -0.645. The van der Waals surface area contributed by atoms with E-state index in [0.29, 0.717) is 0 Å². The Morgan fingerprint density at radius 2 is 2.41 bits per heavy atom. The van der Waals surface area contributed by atoms with Crippen LogP contribution in [0.2, 0.25) is 5.02 Å². The van der Waals surface area contributed by atoms with Gasteiger partial charge in [0.1, 0.15) is 11.1 Å². The molecule has 2 aromatic rings. The number of halogens is 1. The number of ether oxygens (including phenoxy) is 1. The summed E-state index contributed by atoms with van der Waals surface area (Å²) in [6.45, 7) is 1.90. The number of hydrogen-bond donors (Lipinski definition) is 0. The summed E-state index contributed by atoms with van der Waals surface area (Å²) >= 11 is 5.90. The topological polar surface area (TPSA) is 93.2 Å². The summed E-state index contributed by atoms with van der Waals surface area (Å²) in [5.41, 5.74) is 0.316. The van der Waals surface area contributed by atoms with E-state index < -0.39 is 5.97 Å². The van der Waals surface area contributed by atoms with E-state index in [2.05, 4.69) is 15.3 Å². The molecule has 0 spiro atoms. The van der Waals surface area contributed by atoms with Crippen molar-refractivity contribution in [3.63, 3.8) is 0 Å². The zero-order valence-electron chi connectivity index (χ0n) is 8.71. The summed E-state index contributed by atoms with van der Waals surface area (Å²) in [5, 5.41) is 20.0. The molecule has 86 valence electrons. The Kier molecular flexibility index (Phi) is 2.89. The van der Waals surface area contributed by atoms with Gasteiger partial charge in [-0.1, -0.05) is 11.6 Å². The van der Waals surface area contributed by atoms with Crippen LogP contribution in [0, 0.1) is 11.3 Å². The molecule has 0 aliphatic rings. The number of fused-ring (bicyclic) bond motifs is 1. The van der Waals surface area contributed by atoms with Crippen molar-refractivity contribution in [2.24, 2.45) is 0 Å². The first-order valence-electron chi connectivity index (χ1n) is 4.66. The number of nitriles is 1. The van der Waals surface area contributed by atoms with Gasteiger partial charge in [-0.15, -0.1) is 10.2 Å². The Morgan fingerprint density at radius 1 is 1.65 bits per heavy atom. The lowest BCUT2D eigenvalue weighted by Crippen LogP contribution is -2.11. The van der Waals surface area contributed by atoms with E-state index >= 15 is 0 Å². The summed E-state index contributed by atoms with van der Waals surface area (Å²) in [7, 11) is 0. The second-order valence-corrected chi connectivity index (χ2v) is 3.34. The van der Waals surface area contributed by atoms with Crippen LogP contribution in [0.3, 0.4) is 0 Å². The lowest BCUT2D eigenvalue weighted by atomic mass is 10.3. The highest BCUT2D eigenvalue weighted by Gasteiger charge is 2.19. The van der Waals surface area contributed by atoms with Crippen LogP contribution in [0.15, 0.2) is 6.20 Å². The number of carbonyl (C=O) groups is 1. The van der Waals surface area contributed by atoms with Crippen LogP contribution in [0.1, 0.15) is 23.1 Å². The van der Waals surface area contributed by atoms with Crippen molar-refractivity contribution in [3.8, 4) is 6.07 Å². The molecular weight excluding hydrogens is 246 g/mol. The number of nitrogens with zero attached hydrogens (tertiary/aromatic N) is 5. The fraction of sp³-hybridized carbons (Fsp3) is 0.222. The van der Waals surface area contributed by atoms with Crippen molar-refractivity contribution >= 4 is 23.2 Å².